The molecular formula is C58H82N2Ni. The van der Waals surface area contributed by atoms with Crippen molar-refractivity contribution in [1.29, 1.82) is 0 Å². The molecule has 0 aromatic heterocycles. The van der Waals surface area contributed by atoms with E-state index in [9.17, 15) is 5.53 Å². The first-order chi connectivity index (χ1) is 29.7. The fourth-order valence-corrected chi connectivity index (χ4v) is 9.43. The summed E-state index contributed by atoms with van der Waals surface area (Å²) < 4.78 is 4.28. The van der Waals surface area contributed by atoms with Crippen LogP contribution in [0.25, 0.3) is 16.9 Å². The summed E-state index contributed by atoms with van der Waals surface area (Å²) in [5.41, 5.74) is 28.2. The molecule has 61 heavy (non-hydrogen) atoms. The Labute approximate surface area is 380 Å². The fourth-order valence-electron chi connectivity index (χ4n) is 8.44. The summed E-state index contributed by atoms with van der Waals surface area (Å²) in [5.74, 6) is 0. The van der Waals surface area contributed by atoms with E-state index in [4.69, 9.17) is 0 Å². The second-order valence-corrected chi connectivity index (χ2v) is 19.1. The molecule has 0 amide bonds. The van der Waals surface area contributed by atoms with E-state index >= 15 is 0 Å². The zero-order valence-electron chi connectivity index (χ0n) is 39.8. The number of benzene rings is 4. The van der Waals surface area contributed by atoms with Crippen molar-refractivity contribution in [2.45, 2.75) is 197 Å². The molecule has 5 rings (SSSR count). The molecule has 1 heterocycles. The Balaban J connectivity index is 0.000000454. The van der Waals surface area contributed by atoms with E-state index in [0.717, 1.165) is 75.6 Å². The Hall–Kier alpha value is -3.55. The zero-order chi connectivity index (χ0) is 43.8. The van der Waals surface area contributed by atoms with Gasteiger partial charge in [-0.25, -0.2) is 4.70 Å². The Bertz CT molecular complexity index is 1760. The van der Waals surface area contributed by atoms with Gasteiger partial charge in [-0.15, -0.1) is 0 Å². The average Bonchev–Trinajstić information content (AvgIpc) is 3.54. The Kier molecular flexibility index (Phi) is 23.2. The maximum atomic E-state index is 12.4. The van der Waals surface area contributed by atoms with Gasteiger partial charge in [0, 0.05) is 22.3 Å². The molecule has 1 aliphatic rings. The molecular weight excluding hydrogens is 783 g/mol. The molecule has 0 bridgehead atoms. The van der Waals surface area contributed by atoms with Crippen molar-refractivity contribution in [3.8, 4) is 0 Å². The molecule has 0 N–H and O–H groups in total. The number of nitrogens with zero attached hydrogens (tertiary/aromatic N) is 2. The van der Waals surface area contributed by atoms with E-state index < -0.39 is 0 Å². The first-order valence-corrected chi connectivity index (χ1v) is 25.7. The predicted molar refractivity (Wildman–Crippen MR) is 264 cm³/mol. The van der Waals surface area contributed by atoms with Gasteiger partial charge in [0.05, 0.1) is 0 Å². The molecule has 0 saturated carbocycles. The summed E-state index contributed by atoms with van der Waals surface area (Å²) in [7, 11) is 0. The van der Waals surface area contributed by atoms with E-state index in [1.165, 1.54) is 142 Å². The summed E-state index contributed by atoms with van der Waals surface area (Å²) >= 11 is 1.61. The van der Waals surface area contributed by atoms with Crippen molar-refractivity contribution >= 4 is 20.5 Å². The molecule has 4 aromatic carbocycles. The van der Waals surface area contributed by atoms with E-state index in [-0.39, 0.29) is 0 Å². The summed E-state index contributed by atoms with van der Waals surface area (Å²) in [4.78, 5) is 0. The van der Waals surface area contributed by atoms with Gasteiger partial charge in [-0.3, -0.25) is 0 Å². The van der Waals surface area contributed by atoms with Crippen LogP contribution in [0.3, 0.4) is 0 Å². The third-order valence-corrected chi connectivity index (χ3v) is 13.2. The van der Waals surface area contributed by atoms with Crippen molar-refractivity contribution in [3.63, 3.8) is 0 Å². The Morgan fingerprint density at radius 2 is 0.672 bits per heavy atom. The van der Waals surface area contributed by atoms with Gasteiger partial charge >= 0.3 is 97.0 Å². The molecule has 2 nitrogen and oxygen atoms in total. The van der Waals surface area contributed by atoms with Gasteiger partial charge < -0.3 is 5.53 Å². The van der Waals surface area contributed by atoms with Gasteiger partial charge in [-0.05, 0) is 124 Å². The SMILES string of the molecule is CCCCCc1cc(CCCCC)cc(C2=C(CCCC)C(CCCC)=C(c3cc(CCCCC)cc(CCCCC)c3)[N+]2=[N-])c1.Cc1cc[c]([Ni][c]2ccc(C)cc2)cc1. The summed E-state index contributed by atoms with van der Waals surface area (Å²) in [6.07, 6.45) is 26.1. The number of unbranched alkanes of at least 4 members (excludes halogenated alkanes) is 10. The molecule has 0 atom stereocenters. The number of hydrogen-bond acceptors (Lipinski definition) is 0. The van der Waals surface area contributed by atoms with Crippen LogP contribution in [0, 0.1) is 13.8 Å². The first-order valence-electron chi connectivity index (χ1n) is 24.7. The molecule has 0 fully saturated rings. The monoisotopic (exact) mass is 865 g/mol. The van der Waals surface area contributed by atoms with Gasteiger partial charge in [-0.1, -0.05) is 118 Å². The van der Waals surface area contributed by atoms with Crippen LogP contribution in [0.15, 0.2) is 96.1 Å². The third-order valence-electron chi connectivity index (χ3n) is 12.0. The van der Waals surface area contributed by atoms with Crippen molar-refractivity contribution < 1.29 is 19.1 Å². The number of aryl methyl sites for hydroxylation is 6. The predicted octanol–water partition coefficient (Wildman–Crippen LogP) is 16.5. The van der Waals surface area contributed by atoms with Gasteiger partial charge in [0.15, 0.2) is 0 Å². The topological polar surface area (TPSA) is 25.3 Å². The van der Waals surface area contributed by atoms with Gasteiger partial charge in [0.1, 0.15) is 0 Å². The van der Waals surface area contributed by atoms with Crippen LogP contribution in [0.1, 0.15) is 202 Å². The normalized spacial score (nSPS) is 12.8. The summed E-state index contributed by atoms with van der Waals surface area (Å²) in [6, 6.07) is 31.9. The average molecular weight is 866 g/mol. The van der Waals surface area contributed by atoms with Gasteiger partial charge in [0.25, 0.3) is 0 Å². The standard InChI is InChI=1S/C44H68N2.2C7H7.Ni/c1-7-13-19-23-35-29-36(24-20-14-8-2)32-39(31-35)43-41(27-17-11-5)42(28-18-12-6)44(46(43)45)40-33-37(25-21-15-9-3)30-38(34-40)26-22-16-10-4;2*1-7-5-3-2-4-6-7;/h29-34H,7-28H2,1-6H3;2*3-6H,1H3;. The van der Waals surface area contributed by atoms with Crippen LogP contribution in [-0.2, 0) is 40.1 Å². The van der Waals surface area contributed by atoms with Crippen LogP contribution in [0.5, 0.6) is 0 Å². The number of rotatable bonds is 26. The Morgan fingerprint density at radius 3 is 0.951 bits per heavy atom. The molecule has 334 valence electrons. The number of hydrogen-bond donors (Lipinski definition) is 0. The van der Waals surface area contributed by atoms with E-state index in [1.807, 2.05) is 0 Å². The molecule has 0 aliphatic carbocycles. The maximum absolute atomic E-state index is 12.4. The van der Waals surface area contributed by atoms with Crippen LogP contribution in [0.4, 0.5) is 0 Å². The van der Waals surface area contributed by atoms with Crippen molar-refractivity contribution in [1.82, 2.24) is 0 Å². The third kappa shape index (κ3) is 16.6. The van der Waals surface area contributed by atoms with Crippen molar-refractivity contribution in [2.75, 3.05) is 0 Å². The molecule has 0 spiro atoms. The first kappa shape index (κ1) is 50.1. The van der Waals surface area contributed by atoms with E-state index in [1.54, 1.807) is 19.1 Å². The molecule has 0 radical (unpaired) electrons. The van der Waals surface area contributed by atoms with Crippen molar-refractivity contribution in [3.05, 3.63) is 146 Å². The van der Waals surface area contributed by atoms with E-state index in [2.05, 4.69) is 140 Å². The molecule has 4 aromatic rings. The molecule has 3 heteroatoms. The minimum absolute atomic E-state index is 1.02. The van der Waals surface area contributed by atoms with Gasteiger partial charge in [0.2, 0.25) is 11.4 Å². The second kappa shape index (κ2) is 28.2. The second-order valence-electron chi connectivity index (χ2n) is 17.7. The molecule has 0 unspecified atom stereocenters. The Morgan fingerprint density at radius 1 is 0.377 bits per heavy atom. The summed E-state index contributed by atoms with van der Waals surface area (Å²) in [5, 5.41) is 0. The zero-order valence-corrected chi connectivity index (χ0v) is 40.8. The summed E-state index contributed by atoms with van der Waals surface area (Å²) in [6.45, 7) is 18.0. The van der Waals surface area contributed by atoms with Gasteiger partial charge in [-0.2, -0.15) is 0 Å². The molecule has 1 aliphatic heterocycles. The van der Waals surface area contributed by atoms with Crippen molar-refractivity contribution in [2.24, 2.45) is 0 Å². The quantitative estimate of drug-likeness (QED) is 0.0341. The van der Waals surface area contributed by atoms with Crippen LogP contribution in [0.2, 0.25) is 0 Å². The van der Waals surface area contributed by atoms with Crippen LogP contribution < -0.4 is 9.07 Å². The van der Waals surface area contributed by atoms with Crippen LogP contribution >= 0.6 is 0 Å². The molecule has 0 saturated heterocycles. The van der Waals surface area contributed by atoms with Crippen LogP contribution in [-0.4, -0.2) is 4.70 Å². The van der Waals surface area contributed by atoms with E-state index in [0.29, 0.717) is 0 Å². The number of allylic oxidation sites excluding steroid dienone is 2. The minimum atomic E-state index is 1.02. The fraction of sp³-hybridized carbons (Fsp3) is 0.517.